The predicted octanol–water partition coefficient (Wildman–Crippen LogP) is 3.90. The van der Waals surface area contributed by atoms with Gasteiger partial charge in [0.25, 0.3) is 0 Å². The van der Waals surface area contributed by atoms with Gasteiger partial charge in [0, 0.05) is 55.7 Å². The highest BCUT2D eigenvalue weighted by atomic mass is 32.1. The highest BCUT2D eigenvalue weighted by Gasteiger charge is 2.41. The number of likely N-dealkylation sites (N-methyl/N-ethyl adjacent to an activating group) is 1. The standard InChI is InChI=1S/C25H26N8OS/c1-14-17(10-28-24-23(14)26-6-7-34-24)25-29-18-9-21(27-11-19(18)35-25)30-20-4-3-5-22(31-20)33-13-15-8-16(33)12-32(15)2/h3-5,9-11,15-16,26H,6-8,12-13H2,1-2H3,(H,27,30,31)/t15-,16-/m0/s1. The van der Waals surface area contributed by atoms with Gasteiger partial charge in [-0.3, -0.25) is 4.90 Å². The lowest BCUT2D eigenvalue weighted by Crippen LogP contribution is -2.44. The van der Waals surface area contributed by atoms with E-state index in [4.69, 9.17) is 14.7 Å². The number of nitrogens with one attached hydrogen (secondary N) is 2. The lowest BCUT2D eigenvalue weighted by atomic mass is 10.1. The Labute approximate surface area is 207 Å². The molecule has 3 aliphatic heterocycles. The van der Waals surface area contributed by atoms with Crippen LogP contribution in [0.15, 0.2) is 36.7 Å². The number of rotatable bonds is 4. The van der Waals surface area contributed by atoms with Crippen LogP contribution >= 0.6 is 11.3 Å². The molecule has 4 aromatic rings. The van der Waals surface area contributed by atoms with Crippen LogP contribution in [0.25, 0.3) is 20.8 Å². The Morgan fingerprint density at radius 2 is 2.06 bits per heavy atom. The monoisotopic (exact) mass is 486 g/mol. The van der Waals surface area contributed by atoms with Crippen molar-refractivity contribution < 1.29 is 4.74 Å². The third kappa shape index (κ3) is 3.55. The first kappa shape index (κ1) is 20.8. The van der Waals surface area contributed by atoms with Gasteiger partial charge in [-0.15, -0.1) is 11.3 Å². The van der Waals surface area contributed by atoms with Gasteiger partial charge in [-0.25, -0.2) is 19.9 Å². The summed E-state index contributed by atoms with van der Waals surface area (Å²) < 4.78 is 6.70. The van der Waals surface area contributed by atoms with Gasteiger partial charge in [0.05, 0.1) is 10.2 Å². The van der Waals surface area contributed by atoms with E-state index in [1.165, 1.54) is 6.42 Å². The third-order valence-corrected chi connectivity index (χ3v) is 8.29. The fraction of sp³-hybridized carbons (Fsp3) is 0.360. The maximum Gasteiger partial charge on any atom is 0.237 e. The molecular formula is C25H26N8OS. The van der Waals surface area contributed by atoms with Crippen LogP contribution in [0.4, 0.5) is 23.1 Å². The van der Waals surface area contributed by atoms with Gasteiger partial charge in [-0.05, 0) is 38.1 Å². The number of ether oxygens (including phenoxy) is 1. The highest BCUT2D eigenvalue weighted by Crippen LogP contribution is 2.38. The number of hydrogen-bond donors (Lipinski definition) is 2. The summed E-state index contributed by atoms with van der Waals surface area (Å²) in [5.74, 6) is 3.22. The topological polar surface area (TPSA) is 91.3 Å². The fourth-order valence-corrected chi connectivity index (χ4v) is 6.37. The fourth-order valence-electron chi connectivity index (χ4n) is 5.39. The lowest BCUT2D eigenvalue weighted by Gasteiger charge is -2.32. The van der Waals surface area contributed by atoms with E-state index >= 15 is 0 Å². The van der Waals surface area contributed by atoms with E-state index in [0.717, 1.165) is 69.1 Å². The smallest absolute Gasteiger partial charge is 0.237 e. The summed E-state index contributed by atoms with van der Waals surface area (Å²) in [6.07, 6.45) is 4.95. The van der Waals surface area contributed by atoms with Crippen LogP contribution in [0.2, 0.25) is 0 Å². The molecule has 35 heavy (non-hydrogen) atoms. The van der Waals surface area contributed by atoms with Gasteiger partial charge in [-0.1, -0.05) is 6.07 Å². The second-order valence-electron chi connectivity index (χ2n) is 9.45. The van der Waals surface area contributed by atoms with Crippen LogP contribution in [-0.2, 0) is 0 Å². The molecule has 178 valence electrons. The van der Waals surface area contributed by atoms with Gasteiger partial charge in [0.15, 0.2) is 0 Å². The molecule has 9 nitrogen and oxygen atoms in total. The Bertz CT molecular complexity index is 1440. The van der Waals surface area contributed by atoms with Crippen molar-refractivity contribution >= 4 is 44.7 Å². The third-order valence-electron chi connectivity index (χ3n) is 7.25. The molecule has 2 N–H and O–H groups in total. The number of pyridine rings is 3. The molecule has 2 bridgehead atoms. The molecule has 2 fully saturated rings. The molecule has 2 atom stereocenters. The Morgan fingerprint density at radius 3 is 2.91 bits per heavy atom. The minimum atomic E-state index is 0.555. The molecule has 4 aromatic heterocycles. The maximum absolute atomic E-state index is 5.67. The maximum atomic E-state index is 5.67. The SMILES string of the molecule is Cc1c(-c2nc3cc(Nc4cccc(N5C[C@@H]6C[C@H]5CN6C)n4)ncc3s2)cnc2c1NCCO2. The lowest BCUT2D eigenvalue weighted by molar-refractivity contribution is 0.292. The van der Waals surface area contributed by atoms with Crippen LogP contribution < -0.4 is 20.3 Å². The summed E-state index contributed by atoms with van der Waals surface area (Å²) >= 11 is 1.62. The zero-order chi connectivity index (χ0) is 23.5. The second-order valence-corrected chi connectivity index (χ2v) is 10.5. The van der Waals surface area contributed by atoms with Crippen molar-refractivity contribution in [1.29, 1.82) is 0 Å². The van der Waals surface area contributed by atoms with E-state index in [-0.39, 0.29) is 0 Å². The minimum absolute atomic E-state index is 0.555. The van der Waals surface area contributed by atoms with Gasteiger partial charge >= 0.3 is 0 Å². The summed E-state index contributed by atoms with van der Waals surface area (Å²) in [4.78, 5) is 23.8. The first-order valence-electron chi connectivity index (χ1n) is 12.0. The molecule has 0 unspecified atom stereocenters. The molecule has 2 saturated heterocycles. The zero-order valence-electron chi connectivity index (χ0n) is 19.7. The van der Waals surface area contributed by atoms with Crippen LogP contribution in [0, 0.1) is 6.92 Å². The number of anilines is 4. The van der Waals surface area contributed by atoms with E-state index in [2.05, 4.69) is 56.5 Å². The van der Waals surface area contributed by atoms with Crippen molar-refractivity contribution in [1.82, 2.24) is 24.8 Å². The number of nitrogens with zero attached hydrogens (tertiary/aromatic N) is 6. The molecule has 7 rings (SSSR count). The Morgan fingerprint density at radius 1 is 1.11 bits per heavy atom. The summed E-state index contributed by atoms with van der Waals surface area (Å²) in [6.45, 7) is 5.65. The molecule has 0 saturated carbocycles. The number of piperazine rings is 1. The Hall–Kier alpha value is -3.50. The molecule has 10 heteroatoms. The van der Waals surface area contributed by atoms with Crippen molar-refractivity contribution in [2.24, 2.45) is 0 Å². The van der Waals surface area contributed by atoms with Gasteiger partial charge in [0.2, 0.25) is 5.88 Å². The zero-order valence-corrected chi connectivity index (χ0v) is 20.5. The highest BCUT2D eigenvalue weighted by molar-refractivity contribution is 7.21. The first-order chi connectivity index (χ1) is 17.1. The number of likely N-dealkylation sites (tertiary alicyclic amines) is 1. The molecular weight excluding hydrogens is 460 g/mol. The average molecular weight is 487 g/mol. The van der Waals surface area contributed by atoms with Crippen LogP contribution in [0.5, 0.6) is 5.88 Å². The van der Waals surface area contributed by atoms with E-state index in [9.17, 15) is 0 Å². The van der Waals surface area contributed by atoms with Gasteiger partial charge in [-0.2, -0.15) is 0 Å². The van der Waals surface area contributed by atoms with Crippen molar-refractivity contribution in [3.05, 3.63) is 42.2 Å². The van der Waals surface area contributed by atoms with Crippen molar-refractivity contribution in [3.63, 3.8) is 0 Å². The van der Waals surface area contributed by atoms with Crippen molar-refractivity contribution in [2.75, 3.05) is 48.8 Å². The van der Waals surface area contributed by atoms with E-state index in [1.807, 2.05) is 24.5 Å². The summed E-state index contributed by atoms with van der Waals surface area (Å²) in [7, 11) is 2.22. The normalized spacial score (nSPS) is 21.1. The molecule has 0 aromatic carbocycles. The number of aromatic nitrogens is 4. The second kappa shape index (κ2) is 8.03. The molecule has 0 aliphatic carbocycles. The van der Waals surface area contributed by atoms with Crippen LogP contribution in [-0.4, -0.2) is 70.2 Å². The quantitative estimate of drug-likeness (QED) is 0.446. The van der Waals surface area contributed by atoms with Gasteiger partial charge in [0.1, 0.15) is 34.8 Å². The number of hydrogen-bond acceptors (Lipinski definition) is 10. The van der Waals surface area contributed by atoms with Crippen LogP contribution in [0.1, 0.15) is 12.0 Å². The summed E-state index contributed by atoms with van der Waals surface area (Å²) in [5, 5.41) is 7.71. The van der Waals surface area contributed by atoms with E-state index in [1.54, 1.807) is 11.3 Å². The first-order valence-corrected chi connectivity index (χ1v) is 12.8. The van der Waals surface area contributed by atoms with E-state index < -0.39 is 0 Å². The molecule has 0 amide bonds. The number of fused-ring (bicyclic) bond motifs is 4. The Kier molecular flexibility index (Phi) is 4.78. The minimum Gasteiger partial charge on any atom is -0.474 e. The van der Waals surface area contributed by atoms with Crippen molar-refractivity contribution in [2.45, 2.75) is 25.4 Å². The number of thiazole rings is 1. The largest absolute Gasteiger partial charge is 0.474 e. The molecule has 0 radical (unpaired) electrons. The Balaban J connectivity index is 1.15. The predicted molar refractivity (Wildman–Crippen MR) is 139 cm³/mol. The van der Waals surface area contributed by atoms with Crippen LogP contribution in [0.3, 0.4) is 0 Å². The summed E-state index contributed by atoms with van der Waals surface area (Å²) in [6, 6.07) is 9.32. The van der Waals surface area contributed by atoms with Gasteiger partial charge < -0.3 is 20.3 Å². The van der Waals surface area contributed by atoms with E-state index in [0.29, 0.717) is 24.6 Å². The van der Waals surface area contributed by atoms with Crippen molar-refractivity contribution in [3.8, 4) is 16.5 Å². The molecule has 0 spiro atoms. The molecule has 7 heterocycles. The average Bonchev–Trinajstić information content (AvgIpc) is 3.58. The summed E-state index contributed by atoms with van der Waals surface area (Å²) in [5.41, 5.74) is 3.97. The molecule has 3 aliphatic rings.